The van der Waals surface area contributed by atoms with Crippen LogP contribution in [0.4, 0.5) is 10.1 Å². The third-order valence-electron chi connectivity index (χ3n) is 2.75. The fourth-order valence-electron chi connectivity index (χ4n) is 1.93. The lowest BCUT2D eigenvalue weighted by Gasteiger charge is -2.33. The Labute approximate surface area is 100.0 Å². The zero-order valence-electron chi connectivity index (χ0n) is 9.25. The van der Waals surface area contributed by atoms with E-state index < -0.39 is 0 Å². The first kappa shape index (κ1) is 11.7. The van der Waals surface area contributed by atoms with Crippen LogP contribution in [0, 0.1) is 5.82 Å². The van der Waals surface area contributed by atoms with Crippen LogP contribution in [0.5, 0.6) is 0 Å². The molecule has 1 aromatic rings. The van der Waals surface area contributed by atoms with Gasteiger partial charge in [0.25, 0.3) is 0 Å². The van der Waals surface area contributed by atoms with Gasteiger partial charge in [-0.15, -0.1) is 11.6 Å². The van der Waals surface area contributed by atoms with Crippen molar-refractivity contribution >= 4 is 17.3 Å². The van der Waals surface area contributed by atoms with Crippen LogP contribution in [0.15, 0.2) is 18.2 Å². The topological polar surface area (TPSA) is 12.5 Å². The lowest BCUT2D eigenvalue weighted by molar-refractivity contribution is 0.0530. The summed E-state index contributed by atoms with van der Waals surface area (Å²) in [4.78, 5) is 2.02. The molecule has 2 rings (SSSR count). The molecule has 0 spiro atoms. The molecular formula is C12H15ClFNO. The lowest BCUT2D eigenvalue weighted by Crippen LogP contribution is -2.41. The van der Waals surface area contributed by atoms with Gasteiger partial charge in [0.1, 0.15) is 5.82 Å². The average molecular weight is 244 g/mol. The lowest BCUT2D eigenvalue weighted by atomic mass is 10.2. The monoisotopic (exact) mass is 243 g/mol. The molecule has 0 saturated carbocycles. The van der Waals surface area contributed by atoms with Gasteiger partial charge in [0.05, 0.1) is 18.4 Å². The molecule has 16 heavy (non-hydrogen) atoms. The maximum Gasteiger partial charge on any atom is 0.146 e. The third kappa shape index (κ3) is 2.47. The van der Waals surface area contributed by atoms with Crippen LogP contribution < -0.4 is 4.90 Å². The molecule has 0 aliphatic carbocycles. The van der Waals surface area contributed by atoms with E-state index in [1.807, 2.05) is 17.9 Å². The van der Waals surface area contributed by atoms with Crippen LogP contribution in [-0.4, -0.2) is 25.8 Å². The minimum absolute atomic E-state index is 0.154. The molecule has 4 heteroatoms. The van der Waals surface area contributed by atoms with Crippen molar-refractivity contribution in [2.75, 3.05) is 24.6 Å². The van der Waals surface area contributed by atoms with Crippen LogP contribution in [0.1, 0.15) is 12.5 Å². The summed E-state index contributed by atoms with van der Waals surface area (Å²) in [6.07, 6.45) is 0.154. The maximum absolute atomic E-state index is 13.8. The molecule has 1 aromatic carbocycles. The van der Waals surface area contributed by atoms with Gasteiger partial charge in [-0.2, -0.15) is 0 Å². The van der Waals surface area contributed by atoms with E-state index in [1.165, 1.54) is 6.07 Å². The zero-order chi connectivity index (χ0) is 11.5. The summed E-state index contributed by atoms with van der Waals surface area (Å²) in [5.74, 6) is 0.142. The molecule has 1 saturated heterocycles. The summed E-state index contributed by atoms with van der Waals surface area (Å²) < 4.78 is 19.2. The summed E-state index contributed by atoms with van der Waals surface area (Å²) >= 11 is 5.66. The number of hydrogen-bond donors (Lipinski definition) is 0. The second kappa shape index (κ2) is 5.02. The number of nitrogens with zero attached hydrogens (tertiary/aromatic N) is 1. The molecular weight excluding hydrogens is 229 g/mol. The number of anilines is 1. The minimum Gasteiger partial charge on any atom is -0.375 e. The van der Waals surface area contributed by atoms with Crippen molar-refractivity contribution in [3.63, 3.8) is 0 Å². The van der Waals surface area contributed by atoms with Gasteiger partial charge in [0.15, 0.2) is 0 Å². The van der Waals surface area contributed by atoms with Gasteiger partial charge in [-0.25, -0.2) is 4.39 Å². The maximum atomic E-state index is 13.8. The van der Waals surface area contributed by atoms with E-state index >= 15 is 0 Å². The predicted octanol–water partition coefficient (Wildman–Crippen LogP) is 2.79. The molecule has 0 N–H and O–H groups in total. The van der Waals surface area contributed by atoms with Crippen LogP contribution in [0.3, 0.4) is 0 Å². The highest BCUT2D eigenvalue weighted by molar-refractivity contribution is 6.17. The number of benzene rings is 1. The fourth-order valence-corrected chi connectivity index (χ4v) is 2.09. The van der Waals surface area contributed by atoms with Crippen LogP contribution in [0.2, 0.25) is 0 Å². The predicted molar refractivity (Wildman–Crippen MR) is 63.6 cm³/mol. The van der Waals surface area contributed by atoms with Gasteiger partial charge in [0, 0.05) is 19.0 Å². The van der Waals surface area contributed by atoms with Crippen molar-refractivity contribution in [1.29, 1.82) is 0 Å². The Balaban J connectivity index is 2.19. The molecule has 0 bridgehead atoms. The SMILES string of the molecule is CC1CN(c2ccc(CCl)cc2F)CCO1. The average Bonchev–Trinajstić information content (AvgIpc) is 2.28. The Bertz CT molecular complexity index is 372. The summed E-state index contributed by atoms with van der Waals surface area (Å²) in [7, 11) is 0. The number of halogens is 2. The third-order valence-corrected chi connectivity index (χ3v) is 3.06. The molecule has 1 aliphatic heterocycles. The van der Waals surface area contributed by atoms with Crippen molar-refractivity contribution in [2.45, 2.75) is 18.9 Å². The number of ether oxygens (including phenoxy) is 1. The van der Waals surface area contributed by atoms with Crippen molar-refractivity contribution in [3.05, 3.63) is 29.6 Å². The highest BCUT2D eigenvalue weighted by Crippen LogP contribution is 2.23. The Morgan fingerprint density at radius 3 is 3.00 bits per heavy atom. The fraction of sp³-hybridized carbons (Fsp3) is 0.500. The smallest absolute Gasteiger partial charge is 0.146 e. The number of rotatable bonds is 2. The normalized spacial score (nSPS) is 21.2. The van der Waals surface area contributed by atoms with E-state index in [0.717, 1.165) is 18.7 Å². The second-order valence-corrected chi connectivity index (χ2v) is 4.31. The van der Waals surface area contributed by atoms with Gasteiger partial charge >= 0.3 is 0 Å². The number of hydrogen-bond acceptors (Lipinski definition) is 2. The summed E-state index contributed by atoms with van der Waals surface area (Å²) in [6, 6.07) is 5.17. The first-order chi connectivity index (χ1) is 7.70. The molecule has 0 radical (unpaired) electrons. The van der Waals surface area contributed by atoms with Crippen LogP contribution >= 0.6 is 11.6 Å². The van der Waals surface area contributed by atoms with Gasteiger partial charge in [-0.05, 0) is 24.6 Å². The first-order valence-corrected chi connectivity index (χ1v) is 5.95. The van der Waals surface area contributed by atoms with Gasteiger partial charge in [-0.1, -0.05) is 6.07 Å². The highest BCUT2D eigenvalue weighted by Gasteiger charge is 2.19. The molecule has 1 atom stereocenters. The van der Waals surface area contributed by atoms with E-state index in [9.17, 15) is 4.39 Å². The van der Waals surface area contributed by atoms with Gasteiger partial charge in [0.2, 0.25) is 0 Å². The largest absolute Gasteiger partial charge is 0.375 e. The van der Waals surface area contributed by atoms with Gasteiger partial charge in [-0.3, -0.25) is 0 Å². The Morgan fingerprint density at radius 2 is 2.38 bits per heavy atom. The molecule has 1 fully saturated rings. The standard InChI is InChI=1S/C12H15ClFNO/c1-9-8-15(4-5-16-9)12-3-2-10(7-13)6-11(12)14/h2-3,6,9H,4-5,7-8H2,1H3. The van der Waals surface area contributed by atoms with Crippen LogP contribution in [-0.2, 0) is 10.6 Å². The Hall–Kier alpha value is -0.800. The molecule has 1 aliphatic rings. The van der Waals surface area contributed by atoms with Crippen molar-refractivity contribution in [3.8, 4) is 0 Å². The molecule has 0 amide bonds. The summed E-state index contributed by atoms with van der Waals surface area (Å²) in [6.45, 7) is 4.12. The molecule has 1 unspecified atom stereocenters. The molecule has 0 aromatic heterocycles. The quantitative estimate of drug-likeness (QED) is 0.741. The van der Waals surface area contributed by atoms with Crippen LogP contribution in [0.25, 0.3) is 0 Å². The summed E-state index contributed by atoms with van der Waals surface area (Å²) in [5, 5.41) is 0. The molecule has 2 nitrogen and oxygen atoms in total. The summed E-state index contributed by atoms with van der Waals surface area (Å²) in [5.41, 5.74) is 1.45. The van der Waals surface area contributed by atoms with E-state index in [4.69, 9.17) is 16.3 Å². The first-order valence-electron chi connectivity index (χ1n) is 5.41. The van der Waals surface area contributed by atoms with Gasteiger partial charge < -0.3 is 9.64 Å². The van der Waals surface area contributed by atoms with Crippen molar-refractivity contribution < 1.29 is 9.13 Å². The zero-order valence-corrected chi connectivity index (χ0v) is 10.0. The van der Waals surface area contributed by atoms with E-state index in [1.54, 1.807) is 6.07 Å². The Kier molecular flexibility index (Phi) is 3.66. The highest BCUT2D eigenvalue weighted by atomic mass is 35.5. The van der Waals surface area contributed by atoms with E-state index in [0.29, 0.717) is 18.2 Å². The minimum atomic E-state index is -0.202. The number of morpholine rings is 1. The molecule has 88 valence electrons. The van der Waals surface area contributed by atoms with Crippen molar-refractivity contribution in [1.82, 2.24) is 0 Å². The van der Waals surface area contributed by atoms with Crippen molar-refractivity contribution in [2.24, 2.45) is 0 Å². The van der Waals surface area contributed by atoms with E-state index in [-0.39, 0.29) is 11.9 Å². The van der Waals surface area contributed by atoms with E-state index in [2.05, 4.69) is 0 Å². The second-order valence-electron chi connectivity index (χ2n) is 4.05. The number of alkyl halides is 1. The Morgan fingerprint density at radius 1 is 1.56 bits per heavy atom. The molecule has 1 heterocycles.